The van der Waals surface area contributed by atoms with Gasteiger partial charge >= 0.3 is 5.97 Å². The van der Waals surface area contributed by atoms with Gasteiger partial charge < -0.3 is 21.1 Å². The van der Waals surface area contributed by atoms with Crippen LogP contribution in [-0.4, -0.2) is 49.7 Å². The second kappa shape index (κ2) is 8.58. The van der Waals surface area contributed by atoms with Crippen LogP contribution in [0.3, 0.4) is 0 Å². The molecule has 4 rings (SSSR count). The monoisotopic (exact) mass is 446 g/mol. The van der Waals surface area contributed by atoms with Gasteiger partial charge in [-0.1, -0.05) is 12.1 Å². The average molecular weight is 446 g/mol. The minimum absolute atomic E-state index is 0.0403. The van der Waals surface area contributed by atoms with E-state index in [-0.39, 0.29) is 37.2 Å². The minimum atomic E-state index is -0.997. The first-order valence-corrected chi connectivity index (χ1v) is 10.2. The number of nitrogens with one attached hydrogen (secondary N) is 2. The molecule has 168 valence electrons. The van der Waals surface area contributed by atoms with E-state index in [1.54, 1.807) is 48.7 Å². The maximum atomic E-state index is 13.3. The Morgan fingerprint density at radius 3 is 2.55 bits per heavy atom. The maximum Gasteiger partial charge on any atom is 0.305 e. The van der Waals surface area contributed by atoms with E-state index in [2.05, 4.69) is 10.3 Å². The number of aryl methyl sites for hydroxylation is 1. The van der Waals surface area contributed by atoms with Gasteiger partial charge in [0.05, 0.1) is 24.2 Å². The quantitative estimate of drug-likeness (QED) is 0.336. The lowest BCUT2D eigenvalue weighted by molar-refractivity contribution is -0.137. The number of hydrogen-bond acceptors (Lipinski definition) is 5. The fourth-order valence-electron chi connectivity index (χ4n) is 3.74. The number of hydrogen-bond donors (Lipinski definition) is 4. The average Bonchev–Trinajstić information content (AvgIpc) is 3.10. The highest BCUT2D eigenvalue weighted by Crippen LogP contribution is 2.28. The molecule has 3 aromatic rings. The molecule has 0 aliphatic carbocycles. The first kappa shape index (κ1) is 21.8. The highest BCUT2D eigenvalue weighted by Gasteiger charge is 2.28. The first-order valence-electron chi connectivity index (χ1n) is 10.2. The van der Waals surface area contributed by atoms with Gasteiger partial charge in [-0.05, 0) is 37.3 Å². The zero-order valence-corrected chi connectivity index (χ0v) is 17.8. The number of amidine groups is 1. The summed E-state index contributed by atoms with van der Waals surface area (Å²) in [7, 11) is 0. The predicted molar refractivity (Wildman–Crippen MR) is 121 cm³/mol. The Labute approximate surface area is 189 Å². The Bertz CT molecular complexity index is 1280. The Morgan fingerprint density at radius 2 is 1.88 bits per heavy atom. The molecular formula is C23H22N6O4. The summed E-state index contributed by atoms with van der Waals surface area (Å²) < 4.78 is 1.86. The number of aromatic nitrogens is 2. The maximum absolute atomic E-state index is 13.3. The zero-order chi connectivity index (χ0) is 23.7. The van der Waals surface area contributed by atoms with Gasteiger partial charge in [-0.3, -0.25) is 24.4 Å². The number of nitrogens with two attached hydrogens (primary N) is 1. The highest BCUT2D eigenvalue weighted by atomic mass is 16.4. The fraction of sp³-hybridized carbons (Fsp3) is 0.174. The molecule has 33 heavy (non-hydrogen) atoms. The van der Waals surface area contributed by atoms with Crippen LogP contribution in [0.15, 0.2) is 48.7 Å². The molecular weight excluding hydrogens is 424 g/mol. The molecule has 2 heterocycles. The summed E-state index contributed by atoms with van der Waals surface area (Å²) in [4.78, 5) is 42.9. The molecule has 1 aromatic heterocycles. The summed E-state index contributed by atoms with van der Waals surface area (Å²) in [5, 5.41) is 19.3. The standard InChI is InChI=1S/C23H22N6O4/c1-13-11-26-19-12-28(9-8-20(30)31)23(33)17-10-16(6-7-18(17)29(13)19)27-22(32)15-4-2-14(3-5-15)21(24)25/h2-7,10-11H,8-9,12H2,1H3,(H3,24,25)(H,27,32)(H,30,31). The van der Waals surface area contributed by atoms with Crippen LogP contribution < -0.4 is 11.1 Å². The van der Waals surface area contributed by atoms with Gasteiger partial charge in [0.25, 0.3) is 11.8 Å². The van der Waals surface area contributed by atoms with Crippen LogP contribution in [0.2, 0.25) is 0 Å². The van der Waals surface area contributed by atoms with E-state index >= 15 is 0 Å². The molecule has 1 aliphatic heterocycles. The molecule has 10 nitrogen and oxygen atoms in total. The molecule has 2 aromatic carbocycles. The van der Waals surface area contributed by atoms with Gasteiger partial charge in [-0.15, -0.1) is 0 Å². The number of amides is 2. The second-order valence-corrected chi connectivity index (χ2v) is 7.70. The molecule has 0 radical (unpaired) electrons. The number of aliphatic carboxylic acids is 1. The van der Waals surface area contributed by atoms with Crippen molar-refractivity contribution in [1.82, 2.24) is 14.5 Å². The van der Waals surface area contributed by atoms with Crippen molar-refractivity contribution < 1.29 is 19.5 Å². The number of fused-ring (bicyclic) bond motifs is 3. The summed E-state index contributed by atoms with van der Waals surface area (Å²) in [6.07, 6.45) is 1.51. The zero-order valence-electron chi connectivity index (χ0n) is 17.8. The number of anilines is 1. The van der Waals surface area contributed by atoms with E-state index in [0.29, 0.717) is 33.9 Å². The van der Waals surface area contributed by atoms with E-state index in [4.69, 9.17) is 16.2 Å². The summed E-state index contributed by atoms with van der Waals surface area (Å²) in [6.45, 7) is 2.09. The van der Waals surface area contributed by atoms with Crippen LogP contribution in [-0.2, 0) is 11.3 Å². The number of rotatable bonds is 6. The molecule has 0 fully saturated rings. The third kappa shape index (κ3) is 4.31. The van der Waals surface area contributed by atoms with Crippen molar-refractivity contribution in [3.05, 3.63) is 76.9 Å². The van der Waals surface area contributed by atoms with E-state index in [0.717, 1.165) is 5.69 Å². The number of nitrogens with zero attached hydrogens (tertiary/aromatic N) is 3. The van der Waals surface area contributed by atoms with Crippen LogP contribution in [0.5, 0.6) is 0 Å². The van der Waals surface area contributed by atoms with Crippen LogP contribution >= 0.6 is 0 Å². The number of carbonyl (C=O) groups is 3. The van der Waals surface area contributed by atoms with E-state index in [1.807, 2.05) is 11.5 Å². The van der Waals surface area contributed by atoms with Crippen LogP contribution in [0, 0.1) is 12.3 Å². The second-order valence-electron chi connectivity index (χ2n) is 7.70. The summed E-state index contributed by atoms with van der Waals surface area (Å²) >= 11 is 0. The third-order valence-corrected chi connectivity index (χ3v) is 5.41. The van der Waals surface area contributed by atoms with Crippen LogP contribution in [0.4, 0.5) is 5.69 Å². The molecule has 0 spiro atoms. The number of carboxylic acid groups (broad SMARTS) is 1. The molecule has 1 aliphatic rings. The van der Waals surface area contributed by atoms with Gasteiger partial charge in [0.2, 0.25) is 0 Å². The summed E-state index contributed by atoms with van der Waals surface area (Å²) in [6, 6.07) is 11.3. The number of carboxylic acids is 1. The molecule has 0 atom stereocenters. The first-order chi connectivity index (χ1) is 15.7. The van der Waals surface area contributed by atoms with Gasteiger partial charge in [0, 0.05) is 35.2 Å². The molecule has 0 unspecified atom stereocenters. The summed E-state index contributed by atoms with van der Waals surface area (Å²) in [5.74, 6) is -1.17. The van der Waals surface area contributed by atoms with E-state index in [9.17, 15) is 14.4 Å². The summed E-state index contributed by atoms with van der Waals surface area (Å²) in [5.41, 5.74) is 8.54. The van der Waals surface area contributed by atoms with Crippen LogP contribution in [0.1, 0.15) is 44.2 Å². The lowest BCUT2D eigenvalue weighted by Gasteiger charge is -2.19. The Morgan fingerprint density at radius 1 is 1.18 bits per heavy atom. The Balaban J connectivity index is 1.66. The SMILES string of the molecule is Cc1cnc2n1-c1ccc(NC(=O)c3ccc(C(=N)N)cc3)cc1C(=O)N(CCC(=O)O)C2. The minimum Gasteiger partial charge on any atom is -0.481 e. The smallest absolute Gasteiger partial charge is 0.305 e. The van der Waals surface area contributed by atoms with Crippen molar-refractivity contribution in [2.24, 2.45) is 5.73 Å². The molecule has 2 amide bonds. The molecule has 10 heteroatoms. The largest absolute Gasteiger partial charge is 0.481 e. The Hall–Kier alpha value is -4.47. The number of nitrogen functional groups attached to an aromatic ring is 1. The van der Waals surface area contributed by atoms with Crippen molar-refractivity contribution in [2.45, 2.75) is 19.9 Å². The van der Waals surface area contributed by atoms with E-state index < -0.39 is 5.97 Å². The van der Waals surface area contributed by atoms with Crippen molar-refractivity contribution in [3.8, 4) is 5.69 Å². The number of carbonyl (C=O) groups excluding carboxylic acids is 2. The fourth-order valence-corrected chi connectivity index (χ4v) is 3.74. The predicted octanol–water partition coefficient (Wildman–Crippen LogP) is 2.15. The molecule has 5 N–H and O–H groups in total. The van der Waals surface area contributed by atoms with Gasteiger partial charge in [-0.25, -0.2) is 4.98 Å². The number of imidazole rings is 1. The van der Waals surface area contributed by atoms with Crippen LogP contribution in [0.25, 0.3) is 5.69 Å². The van der Waals surface area contributed by atoms with Gasteiger partial charge in [-0.2, -0.15) is 0 Å². The lowest BCUT2D eigenvalue weighted by Crippen LogP contribution is -2.32. The van der Waals surface area contributed by atoms with E-state index in [1.165, 1.54) is 4.90 Å². The van der Waals surface area contributed by atoms with Crippen molar-refractivity contribution >= 4 is 29.3 Å². The Kier molecular flexibility index (Phi) is 5.65. The van der Waals surface area contributed by atoms with Gasteiger partial charge in [0.15, 0.2) is 0 Å². The van der Waals surface area contributed by atoms with Crippen molar-refractivity contribution in [2.75, 3.05) is 11.9 Å². The highest BCUT2D eigenvalue weighted by molar-refractivity contribution is 6.06. The lowest BCUT2D eigenvalue weighted by atomic mass is 10.1. The van der Waals surface area contributed by atoms with Gasteiger partial charge in [0.1, 0.15) is 11.7 Å². The van der Waals surface area contributed by atoms with Crippen molar-refractivity contribution in [1.29, 1.82) is 5.41 Å². The molecule has 0 saturated heterocycles. The number of benzene rings is 2. The topological polar surface area (TPSA) is 154 Å². The molecule has 0 bridgehead atoms. The third-order valence-electron chi connectivity index (χ3n) is 5.41. The van der Waals surface area contributed by atoms with Crippen molar-refractivity contribution in [3.63, 3.8) is 0 Å². The normalized spacial score (nSPS) is 12.5. The molecule has 0 saturated carbocycles.